The Morgan fingerprint density at radius 1 is 1.30 bits per heavy atom. The molecule has 1 aliphatic rings. The van der Waals surface area contributed by atoms with Crippen LogP contribution in [0.1, 0.15) is 11.8 Å². The molecule has 4 rings (SSSR count). The first-order valence-electron chi connectivity index (χ1n) is 8.45. The lowest BCUT2D eigenvalue weighted by Gasteiger charge is -2.16. The highest BCUT2D eigenvalue weighted by Gasteiger charge is 2.44. The van der Waals surface area contributed by atoms with Crippen LogP contribution in [0.3, 0.4) is 0 Å². The third kappa shape index (κ3) is 3.21. The largest absolute Gasteiger partial charge is 0.463 e. The van der Waals surface area contributed by atoms with Crippen molar-refractivity contribution < 1.29 is 24.8 Å². The zero-order valence-electron chi connectivity index (χ0n) is 14.3. The number of aliphatic hydroxyl groups is 3. The van der Waals surface area contributed by atoms with Crippen LogP contribution in [0.25, 0.3) is 11.2 Å². The highest BCUT2D eigenvalue weighted by atomic mass is 16.6. The van der Waals surface area contributed by atoms with Crippen molar-refractivity contribution in [3.8, 4) is 6.01 Å². The zero-order valence-corrected chi connectivity index (χ0v) is 14.3. The second kappa shape index (κ2) is 7.12. The summed E-state index contributed by atoms with van der Waals surface area (Å²) < 4.78 is 12.6. The third-order valence-electron chi connectivity index (χ3n) is 4.50. The molecule has 11 heteroatoms. The quantitative estimate of drug-likeness (QED) is 0.362. The molecule has 1 aliphatic heterocycles. The standard InChI is InChI=1S/C16H20N6O5/c17-13-10-14(21-16(20-13)26-4-2-8-1-3-18-5-8)22(7-19-10)15-12(25)11(24)9(6-23)27-15/h1,3,5,7,9,11-12,15,18,23-25H,2,4,6H2,(H2,17,20,21)/t9-,11-,12-,15-/m1/s1. The Hall–Kier alpha value is -2.73. The summed E-state index contributed by atoms with van der Waals surface area (Å²) >= 11 is 0. The molecular weight excluding hydrogens is 356 g/mol. The first kappa shape index (κ1) is 17.7. The van der Waals surface area contributed by atoms with E-state index in [0.717, 1.165) is 5.56 Å². The van der Waals surface area contributed by atoms with Crippen molar-refractivity contribution in [1.82, 2.24) is 24.5 Å². The molecule has 1 fully saturated rings. The molecule has 3 aromatic rings. The van der Waals surface area contributed by atoms with Crippen LogP contribution in [0.4, 0.5) is 5.82 Å². The minimum absolute atomic E-state index is 0.0732. The number of aliphatic hydroxyl groups excluding tert-OH is 3. The number of nitrogen functional groups attached to an aromatic ring is 1. The Balaban J connectivity index is 1.58. The molecule has 6 N–H and O–H groups in total. The molecule has 0 amide bonds. The van der Waals surface area contributed by atoms with Gasteiger partial charge in [-0.3, -0.25) is 4.57 Å². The summed E-state index contributed by atoms with van der Waals surface area (Å²) in [5.41, 5.74) is 7.65. The Labute approximate surface area is 153 Å². The molecule has 0 aromatic carbocycles. The van der Waals surface area contributed by atoms with Crippen LogP contribution in [-0.2, 0) is 11.2 Å². The maximum Gasteiger partial charge on any atom is 0.320 e. The summed E-state index contributed by atoms with van der Waals surface area (Å²) in [4.78, 5) is 15.5. The van der Waals surface area contributed by atoms with Crippen LogP contribution in [-0.4, -0.2) is 71.3 Å². The zero-order chi connectivity index (χ0) is 19.0. The average Bonchev–Trinajstić information content (AvgIpc) is 3.37. The van der Waals surface area contributed by atoms with Crippen LogP contribution in [0, 0.1) is 0 Å². The second-order valence-electron chi connectivity index (χ2n) is 6.26. The maximum atomic E-state index is 10.2. The Bertz CT molecular complexity index is 914. The van der Waals surface area contributed by atoms with Crippen LogP contribution in [0.15, 0.2) is 24.8 Å². The fourth-order valence-corrected chi connectivity index (χ4v) is 3.05. The van der Waals surface area contributed by atoms with Gasteiger partial charge in [0, 0.05) is 18.8 Å². The van der Waals surface area contributed by atoms with E-state index >= 15 is 0 Å². The maximum absolute atomic E-state index is 10.2. The number of anilines is 1. The fourth-order valence-electron chi connectivity index (χ4n) is 3.05. The van der Waals surface area contributed by atoms with Crippen molar-refractivity contribution in [3.05, 3.63) is 30.4 Å². The summed E-state index contributed by atoms with van der Waals surface area (Å²) in [6.07, 6.45) is 1.40. The number of nitrogens with zero attached hydrogens (tertiary/aromatic N) is 4. The lowest BCUT2D eigenvalue weighted by atomic mass is 10.1. The summed E-state index contributed by atoms with van der Waals surface area (Å²) in [6.45, 7) is -0.0726. The molecule has 3 aromatic heterocycles. The van der Waals surface area contributed by atoms with Gasteiger partial charge in [0.1, 0.15) is 18.3 Å². The minimum Gasteiger partial charge on any atom is -0.463 e. The molecular formula is C16H20N6O5. The van der Waals surface area contributed by atoms with Crippen LogP contribution in [0.2, 0.25) is 0 Å². The molecule has 0 aliphatic carbocycles. The van der Waals surface area contributed by atoms with Gasteiger partial charge in [0.05, 0.1) is 19.5 Å². The molecule has 11 nitrogen and oxygen atoms in total. The van der Waals surface area contributed by atoms with E-state index in [1.165, 1.54) is 10.9 Å². The number of rotatable bonds is 6. The van der Waals surface area contributed by atoms with Gasteiger partial charge in [0.2, 0.25) is 0 Å². The molecule has 0 unspecified atom stereocenters. The number of nitrogens with one attached hydrogen (secondary N) is 1. The SMILES string of the molecule is Nc1nc(OCCc2cc[nH]c2)nc2c1ncn2[C@@H]1O[C@H](CO)[C@@H](O)[C@H]1O. The number of ether oxygens (including phenoxy) is 2. The highest BCUT2D eigenvalue weighted by Crippen LogP contribution is 2.32. The lowest BCUT2D eigenvalue weighted by molar-refractivity contribution is -0.0511. The molecule has 0 radical (unpaired) electrons. The van der Waals surface area contributed by atoms with Gasteiger partial charge >= 0.3 is 6.01 Å². The van der Waals surface area contributed by atoms with E-state index in [1.807, 2.05) is 18.5 Å². The van der Waals surface area contributed by atoms with Gasteiger partial charge in [0.25, 0.3) is 0 Å². The lowest BCUT2D eigenvalue weighted by Crippen LogP contribution is -2.33. The number of hydrogen-bond donors (Lipinski definition) is 5. The Kier molecular flexibility index (Phi) is 4.66. The van der Waals surface area contributed by atoms with Crippen molar-refractivity contribution in [2.45, 2.75) is 31.0 Å². The van der Waals surface area contributed by atoms with E-state index in [9.17, 15) is 15.3 Å². The average molecular weight is 376 g/mol. The number of fused-ring (bicyclic) bond motifs is 1. The van der Waals surface area contributed by atoms with Gasteiger partial charge in [0.15, 0.2) is 23.2 Å². The Morgan fingerprint density at radius 2 is 2.15 bits per heavy atom. The first-order chi connectivity index (χ1) is 13.1. The second-order valence-corrected chi connectivity index (χ2v) is 6.26. The fraction of sp³-hybridized carbons (Fsp3) is 0.438. The number of aromatic nitrogens is 5. The van der Waals surface area contributed by atoms with Gasteiger partial charge in [-0.1, -0.05) is 0 Å². The van der Waals surface area contributed by atoms with Gasteiger partial charge in [-0.2, -0.15) is 9.97 Å². The van der Waals surface area contributed by atoms with Gasteiger partial charge in [-0.25, -0.2) is 4.98 Å². The molecule has 1 saturated heterocycles. The minimum atomic E-state index is -1.26. The van der Waals surface area contributed by atoms with Crippen molar-refractivity contribution in [2.24, 2.45) is 0 Å². The number of nitrogens with two attached hydrogens (primary N) is 1. The van der Waals surface area contributed by atoms with Crippen LogP contribution >= 0.6 is 0 Å². The molecule has 0 spiro atoms. The van der Waals surface area contributed by atoms with Crippen molar-refractivity contribution in [3.63, 3.8) is 0 Å². The van der Waals surface area contributed by atoms with Gasteiger partial charge in [-0.15, -0.1) is 0 Å². The summed E-state index contributed by atoms with van der Waals surface area (Å²) in [5, 5.41) is 29.5. The van der Waals surface area contributed by atoms with Gasteiger partial charge < -0.3 is 35.5 Å². The van der Waals surface area contributed by atoms with Crippen molar-refractivity contribution >= 4 is 17.0 Å². The van der Waals surface area contributed by atoms with E-state index in [4.69, 9.17) is 15.2 Å². The molecule has 27 heavy (non-hydrogen) atoms. The van der Waals surface area contributed by atoms with Gasteiger partial charge in [-0.05, 0) is 11.6 Å². The molecule has 4 atom stereocenters. The predicted molar refractivity (Wildman–Crippen MR) is 92.7 cm³/mol. The van der Waals surface area contributed by atoms with E-state index in [2.05, 4.69) is 19.9 Å². The smallest absolute Gasteiger partial charge is 0.320 e. The number of hydrogen-bond acceptors (Lipinski definition) is 9. The van der Waals surface area contributed by atoms with Crippen molar-refractivity contribution in [1.29, 1.82) is 0 Å². The Morgan fingerprint density at radius 3 is 2.85 bits per heavy atom. The molecule has 144 valence electrons. The van der Waals surface area contributed by atoms with Crippen molar-refractivity contribution in [2.75, 3.05) is 18.9 Å². The predicted octanol–water partition coefficient (Wildman–Crippen LogP) is -1.03. The molecule has 0 saturated carbocycles. The number of H-pyrrole nitrogens is 1. The summed E-state index contributed by atoms with van der Waals surface area (Å²) in [7, 11) is 0. The highest BCUT2D eigenvalue weighted by molar-refractivity contribution is 5.82. The number of aromatic amines is 1. The van der Waals surface area contributed by atoms with E-state index < -0.39 is 31.1 Å². The number of imidazole rings is 1. The summed E-state index contributed by atoms with van der Waals surface area (Å²) in [5.74, 6) is 0.127. The van der Waals surface area contributed by atoms with Crippen LogP contribution in [0.5, 0.6) is 6.01 Å². The summed E-state index contributed by atoms with van der Waals surface area (Å²) in [6, 6.07) is 2.02. The van der Waals surface area contributed by atoms with E-state index in [0.29, 0.717) is 24.2 Å². The van der Waals surface area contributed by atoms with E-state index in [-0.39, 0.29) is 11.8 Å². The third-order valence-corrected chi connectivity index (χ3v) is 4.50. The van der Waals surface area contributed by atoms with E-state index in [1.54, 1.807) is 0 Å². The normalized spacial score (nSPS) is 25.3. The monoisotopic (exact) mass is 376 g/mol. The first-order valence-corrected chi connectivity index (χ1v) is 8.45. The molecule has 0 bridgehead atoms. The molecule has 4 heterocycles. The topological polar surface area (TPSA) is 165 Å². The van der Waals surface area contributed by atoms with Crippen LogP contribution < -0.4 is 10.5 Å².